The molecule has 2 aromatic carbocycles. The molecule has 1 aliphatic heterocycles. The second-order valence-corrected chi connectivity index (χ2v) is 9.14. The lowest BCUT2D eigenvalue weighted by molar-refractivity contribution is -0.131. The van der Waals surface area contributed by atoms with Gasteiger partial charge in [0.15, 0.2) is 0 Å². The third-order valence-electron chi connectivity index (χ3n) is 5.21. The summed E-state index contributed by atoms with van der Waals surface area (Å²) in [5.41, 5.74) is -0.425. The van der Waals surface area contributed by atoms with Crippen molar-refractivity contribution in [2.45, 2.75) is 11.3 Å². The van der Waals surface area contributed by atoms with Crippen molar-refractivity contribution in [1.82, 2.24) is 19.2 Å². The summed E-state index contributed by atoms with van der Waals surface area (Å²) in [6, 6.07) is 9.60. The standard InChI is InChI=1S/C20H19FN4O5S/c21-14-3-1-13(2-4-14)11-18(26)24-7-9-25(10-8-24)31(29,30)15-5-6-17-16(12-15)19(27)23-20(28)22-17/h1-6,12H,7-11H2,(H2,22,23,27,28). The fraction of sp³-hybridized carbons (Fsp3) is 0.250. The number of halogens is 1. The van der Waals surface area contributed by atoms with Crippen LogP contribution in [0.3, 0.4) is 0 Å². The van der Waals surface area contributed by atoms with Crippen LogP contribution in [-0.2, 0) is 21.2 Å². The number of H-pyrrole nitrogens is 2. The predicted molar refractivity (Wildman–Crippen MR) is 111 cm³/mol. The number of hydrogen-bond acceptors (Lipinski definition) is 5. The molecule has 1 saturated heterocycles. The number of carbonyl (C=O) groups excluding carboxylic acids is 1. The SMILES string of the molecule is O=C(Cc1ccc(F)cc1)N1CCN(S(=O)(=O)c2ccc3[nH]c(=O)[nH]c(=O)c3c2)CC1. The Bertz CT molecular complexity index is 1360. The molecule has 1 aromatic heterocycles. The van der Waals surface area contributed by atoms with Crippen molar-refractivity contribution in [3.8, 4) is 0 Å². The molecular weight excluding hydrogens is 427 g/mol. The second kappa shape index (κ2) is 8.08. The Balaban J connectivity index is 1.47. The maximum atomic E-state index is 13.0. The molecule has 9 nitrogen and oxygen atoms in total. The van der Waals surface area contributed by atoms with Crippen molar-refractivity contribution in [3.05, 3.63) is 74.7 Å². The number of rotatable bonds is 4. The van der Waals surface area contributed by atoms with Crippen LogP contribution in [0.2, 0.25) is 0 Å². The molecule has 3 aromatic rings. The van der Waals surface area contributed by atoms with Crippen molar-refractivity contribution < 1.29 is 17.6 Å². The Labute approximate surface area is 176 Å². The summed E-state index contributed by atoms with van der Waals surface area (Å²) in [4.78, 5) is 41.9. The van der Waals surface area contributed by atoms with Crippen LogP contribution >= 0.6 is 0 Å². The Morgan fingerprint density at radius 3 is 2.32 bits per heavy atom. The van der Waals surface area contributed by atoms with E-state index in [0.29, 0.717) is 5.56 Å². The highest BCUT2D eigenvalue weighted by atomic mass is 32.2. The molecule has 162 valence electrons. The van der Waals surface area contributed by atoms with Gasteiger partial charge >= 0.3 is 5.69 Å². The maximum Gasteiger partial charge on any atom is 0.326 e. The van der Waals surface area contributed by atoms with Crippen LogP contribution in [0.15, 0.2) is 56.9 Å². The van der Waals surface area contributed by atoms with Gasteiger partial charge in [-0.25, -0.2) is 17.6 Å². The highest BCUT2D eigenvalue weighted by Crippen LogP contribution is 2.20. The van der Waals surface area contributed by atoms with Crippen LogP contribution in [0.4, 0.5) is 4.39 Å². The van der Waals surface area contributed by atoms with E-state index in [1.807, 2.05) is 0 Å². The zero-order valence-corrected chi connectivity index (χ0v) is 17.1. The smallest absolute Gasteiger partial charge is 0.326 e. The number of benzene rings is 2. The molecule has 0 unspecified atom stereocenters. The van der Waals surface area contributed by atoms with Crippen molar-refractivity contribution in [2.75, 3.05) is 26.2 Å². The number of nitrogens with one attached hydrogen (secondary N) is 2. The first-order valence-corrected chi connectivity index (χ1v) is 11.0. The van der Waals surface area contributed by atoms with Crippen LogP contribution in [0.1, 0.15) is 5.56 Å². The number of piperazine rings is 1. The van der Waals surface area contributed by atoms with Crippen LogP contribution in [0.5, 0.6) is 0 Å². The first-order chi connectivity index (χ1) is 14.7. The first-order valence-electron chi connectivity index (χ1n) is 9.53. The zero-order chi connectivity index (χ0) is 22.2. The average molecular weight is 446 g/mol. The summed E-state index contributed by atoms with van der Waals surface area (Å²) in [6.45, 7) is 0.663. The lowest BCUT2D eigenvalue weighted by Crippen LogP contribution is -2.50. The van der Waals surface area contributed by atoms with E-state index in [1.54, 1.807) is 17.0 Å². The molecule has 0 radical (unpaired) electrons. The van der Waals surface area contributed by atoms with E-state index in [0.717, 1.165) is 0 Å². The minimum absolute atomic E-state index is 0.0637. The number of nitrogens with zero attached hydrogens (tertiary/aromatic N) is 2. The van der Waals surface area contributed by atoms with Gasteiger partial charge in [-0.1, -0.05) is 12.1 Å². The Hall–Kier alpha value is -3.31. The molecule has 0 saturated carbocycles. The number of aromatic nitrogens is 2. The molecule has 0 spiro atoms. The Morgan fingerprint density at radius 2 is 1.65 bits per heavy atom. The molecule has 1 amide bonds. The van der Waals surface area contributed by atoms with Gasteiger partial charge in [0.2, 0.25) is 15.9 Å². The zero-order valence-electron chi connectivity index (χ0n) is 16.3. The molecule has 0 aliphatic carbocycles. The maximum absolute atomic E-state index is 13.0. The van der Waals surface area contributed by atoms with Gasteiger partial charge in [0, 0.05) is 26.2 Å². The normalized spacial score (nSPS) is 15.3. The van der Waals surface area contributed by atoms with Crippen LogP contribution in [0, 0.1) is 5.82 Å². The van der Waals surface area contributed by atoms with Crippen molar-refractivity contribution >= 4 is 26.8 Å². The molecule has 1 fully saturated rings. The molecule has 11 heteroatoms. The highest BCUT2D eigenvalue weighted by Gasteiger charge is 2.30. The second-order valence-electron chi connectivity index (χ2n) is 7.20. The van der Waals surface area contributed by atoms with Crippen LogP contribution in [-0.4, -0.2) is 59.7 Å². The Kier molecular flexibility index (Phi) is 5.46. The summed E-state index contributed by atoms with van der Waals surface area (Å²) in [5.74, 6) is -0.540. The number of fused-ring (bicyclic) bond motifs is 1. The van der Waals surface area contributed by atoms with Gasteiger partial charge in [-0.05, 0) is 35.9 Å². The monoisotopic (exact) mass is 446 g/mol. The van der Waals surface area contributed by atoms with E-state index < -0.39 is 21.3 Å². The lowest BCUT2D eigenvalue weighted by Gasteiger charge is -2.34. The predicted octanol–water partition coefficient (Wildman–Crippen LogP) is 0.431. The van der Waals surface area contributed by atoms with E-state index in [9.17, 15) is 27.2 Å². The van der Waals surface area contributed by atoms with E-state index in [1.165, 1.54) is 34.6 Å². The van der Waals surface area contributed by atoms with Crippen molar-refractivity contribution in [1.29, 1.82) is 0 Å². The molecule has 4 rings (SSSR count). The fourth-order valence-electron chi connectivity index (χ4n) is 3.52. The number of carbonyl (C=O) groups is 1. The van der Waals surface area contributed by atoms with Crippen LogP contribution < -0.4 is 11.2 Å². The summed E-state index contributed by atoms with van der Waals surface area (Å²) in [6.07, 6.45) is 0.110. The summed E-state index contributed by atoms with van der Waals surface area (Å²) >= 11 is 0. The minimum atomic E-state index is -3.88. The van der Waals surface area contributed by atoms with Gasteiger partial charge in [-0.15, -0.1) is 0 Å². The summed E-state index contributed by atoms with van der Waals surface area (Å²) < 4.78 is 40.3. The first kappa shape index (κ1) is 20.9. The lowest BCUT2D eigenvalue weighted by atomic mass is 10.1. The van der Waals surface area contributed by atoms with Crippen LogP contribution in [0.25, 0.3) is 10.9 Å². The molecule has 2 heterocycles. The molecule has 31 heavy (non-hydrogen) atoms. The number of aromatic amines is 2. The molecule has 0 bridgehead atoms. The fourth-order valence-corrected chi connectivity index (χ4v) is 4.97. The van der Waals surface area contributed by atoms with Gasteiger partial charge in [0.25, 0.3) is 5.56 Å². The molecule has 2 N–H and O–H groups in total. The third-order valence-corrected chi connectivity index (χ3v) is 7.10. The Morgan fingerprint density at radius 1 is 0.968 bits per heavy atom. The van der Waals surface area contributed by atoms with Gasteiger partial charge in [0.1, 0.15) is 5.82 Å². The van der Waals surface area contributed by atoms with E-state index in [2.05, 4.69) is 9.97 Å². The number of amides is 1. The van der Waals surface area contributed by atoms with Gasteiger partial charge in [-0.3, -0.25) is 14.6 Å². The van der Waals surface area contributed by atoms with Crippen molar-refractivity contribution in [3.63, 3.8) is 0 Å². The van der Waals surface area contributed by atoms with E-state index in [4.69, 9.17) is 0 Å². The summed E-state index contributed by atoms with van der Waals surface area (Å²) in [5, 5.41) is 0.0637. The largest absolute Gasteiger partial charge is 0.340 e. The minimum Gasteiger partial charge on any atom is -0.340 e. The topological polar surface area (TPSA) is 123 Å². The van der Waals surface area contributed by atoms with E-state index >= 15 is 0 Å². The van der Waals surface area contributed by atoms with Gasteiger partial charge < -0.3 is 9.88 Å². The molecule has 1 aliphatic rings. The van der Waals surface area contributed by atoms with Gasteiger partial charge in [0.05, 0.1) is 22.2 Å². The third kappa shape index (κ3) is 4.28. The highest BCUT2D eigenvalue weighted by molar-refractivity contribution is 7.89. The quantitative estimate of drug-likeness (QED) is 0.602. The summed E-state index contributed by atoms with van der Waals surface area (Å²) in [7, 11) is -3.88. The number of sulfonamides is 1. The molecule has 0 atom stereocenters. The average Bonchev–Trinajstić information content (AvgIpc) is 2.75. The molecular formula is C20H19FN4O5S. The van der Waals surface area contributed by atoms with E-state index in [-0.39, 0.29) is 60.1 Å². The van der Waals surface area contributed by atoms with Crippen molar-refractivity contribution in [2.24, 2.45) is 0 Å². The number of hydrogen-bond donors (Lipinski definition) is 2. The van der Waals surface area contributed by atoms with Gasteiger partial charge in [-0.2, -0.15) is 4.31 Å².